The summed E-state index contributed by atoms with van der Waals surface area (Å²) in [5.41, 5.74) is 4.27. The molecule has 0 saturated carbocycles. The Kier molecular flexibility index (Phi) is 7.40. The molecule has 36 heavy (non-hydrogen) atoms. The van der Waals surface area contributed by atoms with Crippen LogP contribution < -0.4 is 0 Å². The molecule has 0 radical (unpaired) electrons. The molecular formula is C28H29Cl2N3O2S. The molecule has 2 aliphatic heterocycles. The van der Waals surface area contributed by atoms with E-state index in [0.29, 0.717) is 41.8 Å². The van der Waals surface area contributed by atoms with Crippen LogP contribution in [0.4, 0.5) is 0 Å². The quantitative estimate of drug-likeness (QED) is 0.426. The van der Waals surface area contributed by atoms with Gasteiger partial charge >= 0.3 is 0 Å². The molecule has 2 atom stereocenters. The average molecular weight is 543 g/mol. The third kappa shape index (κ3) is 5.05. The molecule has 0 aliphatic carbocycles. The molecule has 0 N–H and O–H groups in total. The fourth-order valence-corrected chi connectivity index (χ4v) is 6.43. The lowest BCUT2D eigenvalue weighted by Crippen LogP contribution is -2.57. The smallest absolute Gasteiger partial charge is 0.254 e. The number of hydrogen-bond acceptors (Lipinski definition) is 4. The van der Waals surface area contributed by atoms with Gasteiger partial charge in [0.2, 0.25) is 5.91 Å². The fraction of sp³-hybridized carbons (Fsp3) is 0.357. The molecule has 2 unspecified atom stereocenters. The molecule has 3 heterocycles. The van der Waals surface area contributed by atoms with Gasteiger partial charge in [0.05, 0.1) is 22.6 Å². The zero-order chi connectivity index (χ0) is 25.4. The lowest BCUT2D eigenvalue weighted by atomic mass is 9.92. The number of thiophene rings is 1. The molecule has 1 aromatic heterocycles. The van der Waals surface area contributed by atoms with E-state index in [1.807, 2.05) is 16.7 Å². The van der Waals surface area contributed by atoms with Gasteiger partial charge in [0.25, 0.3) is 5.91 Å². The van der Waals surface area contributed by atoms with Crippen molar-refractivity contribution in [3.8, 4) is 0 Å². The number of halogens is 2. The summed E-state index contributed by atoms with van der Waals surface area (Å²) in [6.07, 6.45) is 0.963. The number of benzene rings is 2. The summed E-state index contributed by atoms with van der Waals surface area (Å²) in [6.45, 7) is 6.81. The highest BCUT2D eigenvalue weighted by Gasteiger charge is 2.34. The van der Waals surface area contributed by atoms with Crippen LogP contribution in [-0.2, 0) is 11.2 Å². The topological polar surface area (TPSA) is 43.9 Å². The van der Waals surface area contributed by atoms with Gasteiger partial charge in [0.1, 0.15) is 0 Å². The second-order valence-corrected chi connectivity index (χ2v) is 11.5. The number of fused-ring (bicyclic) bond motifs is 1. The first kappa shape index (κ1) is 25.3. The summed E-state index contributed by atoms with van der Waals surface area (Å²) in [4.78, 5) is 34.0. The second kappa shape index (κ2) is 10.5. The van der Waals surface area contributed by atoms with Crippen molar-refractivity contribution in [3.63, 3.8) is 0 Å². The highest BCUT2D eigenvalue weighted by atomic mass is 35.5. The van der Waals surface area contributed by atoms with Crippen LogP contribution in [0.2, 0.25) is 10.0 Å². The van der Waals surface area contributed by atoms with Crippen LogP contribution in [-0.4, -0.2) is 65.3 Å². The van der Waals surface area contributed by atoms with Gasteiger partial charge < -0.3 is 9.80 Å². The SMILES string of the molecule is Cc1ccc(C2c3ccsc3CCN2CC(=O)N2CCN(C(=O)c3ccc(Cl)c(Cl)c3)C(C)C2)cc1. The minimum absolute atomic E-state index is 0.0829. The maximum Gasteiger partial charge on any atom is 0.254 e. The Morgan fingerprint density at radius 1 is 1.00 bits per heavy atom. The van der Waals surface area contributed by atoms with E-state index in [4.69, 9.17) is 23.2 Å². The lowest BCUT2D eigenvalue weighted by molar-refractivity contribution is -0.135. The van der Waals surface area contributed by atoms with Gasteiger partial charge in [0.15, 0.2) is 0 Å². The Balaban J connectivity index is 1.27. The third-order valence-electron chi connectivity index (χ3n) is 7.20. The number of aryl methyl sites for hydroxylation is 1. The minimum atomic E-state index is -0.0950. The van der Waals surface area contributed by atoms with E-state index < -0.39 is 0 Å². The van der Waals surface area contributed by atoms with Crippen molar-refractivity contribution < 1.29 is 9.59 Å². The normalized spacial score (nSPS) is 20.3. The van der Waals surface area contributed by atoms with Crippen LogP contribution >= 0.6 is 34.5 Å². The summed E-state index contributed by atoms with van der Waals surface area (Å²) in [6, 6.07) is 15.8. The van der Waals surface area contributed by atoms with E-state index in [0.717, 1.165) is 13.0 Å². The molecule has 2 aromatic carbocycles. The molecular weight excluding hydrogens is 513 g/mol. The zero-order valence-corrected chi connectivity index (χ0v) is 22.7. The van der Waals surface area contributed by atoms with Crippen molar-refractivity contribution in [2.45, 2.75) is 32.4 Å². The van der Waals surface area contributed by atoms with E-state index in [1.165, 1.54) is 21.6 Å². The van der Waals surface area contributed by atoms with Crippen LogP contribution in [0.5, 0.6) is 0 Å². The van der Waals surface area contributed by atoms with E-state index >= 15 is 0 Å². The number of carbonyl (C=O) groups excluding carboxylic acids is 2. The van der Waals surface area contributed by atoms with Crippen molar-refractivity contribution >= 4 is 46.4 Å². The number of nitrogens with zero attached hydrogens (tertiary/aromatic N) is 3. The summed E-state index contributed by atoms with van der Waals surface area (Å²) >= 11 is 13.9. The first-order valence-electron chi connectivity index (χ1n) is 12.2. The van der Waals surface area contributed by atoms with Gasteiger partial charge in [-0.3, -0.25) is 14.5 Å². The monoisotopic (exact) mass is 541 g/mol. The third-order valence-corrected chi connectivity index (χ3v) is 8.94. The van der Waals surface area contributed by atoms with Gasteiger partial charge in [0, 0.05) is 42.7 Å². The summed E-state index contributed by atoms with van der Waals surface area (Å²) in [5.74, 6) is 0.0212. The molecule has 0 spiro atoms. The maximum absolute atomic E-state index is 13.5. The van der Waals surface area contributed by atoms with Gasteiger partial charge in [-0.05, 0) is 61.0 Å². The Morgan fingerprint density at radius 3 is 2.50 bits per heavy atom. The van der Waals surface area contributed by atoms with Crippen molar-refractivity contribution in [1.82, 2.24) is 14.7 Å². The highest BCUT2D eigenvalue weighted by molar-refractivity contribution is 7.10. The number of hydrogen-bond donors (Lipinski definition) is 0. The lowest BCUT2D eigenvalue weighted by Gasteiger charge is -2.42. The van der Waals surface area contributed by atoms with Crippen molar-refractivity contribution in [2.24, 2.45) is 0 Å². The summed E-state index contributed by atoms with van der Waals surface area (Å²) in [5, 5.41) is 2.94. The second-order valence-electron chi connectivity index (χ2n) is 9.65. The largest absolute Gasteiger partial charge is 0.338 e. The fourth-order valence-electron chi connectivity index (χ4n) is 5.23. The van der Waals surface area contributed by atoms with Crippen LogP contribution in [0.3, 0.4) is 0 Å². The van der Waals surface area contributed by atoms with E-state index in [9.17, 15) is 9.59 Å². The Hall–Kier alpha value is -2.38. The molecule has 1 fully saturated rings. The average Bonchev–Trinajstić information content (AvgIpc) is 3.35. The standard InChI is InChI=1S/C28H29Cl2N3O2S/c1-18-3-5-20(6-4-18)27-22-10-14-36-25(22)9-11-32(27)17-26(34)31-12-13-33(19(2)16-31)28(35)21-7-8-23(29)24(30)15-21/h3-8,10,14-15,19,27H,9,11-13,16-17H2,1-2H3. The van der Waals surface area contributed by atoms with E-state index in [-0.39, 0.29) is 23.9 Å². The molecule has 1 saturated heterocycles. The van der Waals surface area contributed by atoms with Crippen molar-refractivity contribution in [1.29, 1.82) is 0 Å². The predicted molar refractivity (Wildman–Crippen MR) is 146 cm³/mol. The summed E-state index contributed by atoms with van der Waals surface area (Å²) in [7, 11) is 0. The van der Waals surface area contributed by atoms with Crippen LogP contribution in [0, 0.1) is 6.92 Å². The molecule has 8 heteroatoms. The highest BCUT2D eigenvalue weighted by Crippen LogP contribution is 2.37. The summed E-state index contributed by atoms with van der Waals surface area (Å²) < 4.78 is 0. The Bertz CT molecular complexity index is 1280. The van der Waals surface area contributed by atoms with Gasteiger partial charge in [-0.1, -0.05) is 53.0 Å². The van der Waals surface area contributed by atoms with Gasteiger partial charge in [-0.2, -0.15) is 0 Å². The molecule has 2 aliphatic rings. The van der Waals surface area contributed by atoms with E-state index in [2.05, 4.69) is 47.5 Å². The molecule has 2 amide bonds. The number of rotatable bonds is 4. The Morgan fingerprint density at radius 2 is 1.78 bits per heavy atom. The molecule has 188 valence electrons. The van der Waals surface area contributed by atoms with Crippen molar-refractivity contribution in [2.75, 3.05) is 32.7 Å². The zero-order valence-electron chi connectivity index (χ0n) is 20.4. The number of piperazine rings is 1. The molecule has 5 nitrogen and oxygen atoms in total. The van der Waals surface area contributed by atoms with Gasteiger partial charge in [-0.15, -0.1) is 11.3 Å². The van der Waals surface area contributed by atoms with Gasteiger partial charge in [-0.25, -0.2) is 0 Å². The molecule has 0 bridgehead atoms. The minimum Gasteiger partial charge on any atom is -0.338 e. The van der Waals surface area contributed by atoms with E-state index in [1.54, 1.807) is 29.5 Å². The van der Waals surface area contributed by atoms with Crippen LogP contribution in [0.15, 0.2) is 53.9 Å². The molecule has 5 rings (SSSR count). The van der Waals surface area contributed by atoms with Crippen LogP contribution in [0.25, 0.3) is 0 Å². The number of amides is 2. The maximum atomic E-state index is 13.5. The Labute approximate surface area is 226 Å². The first-order valence-corrected chi connectivity index (χ1v) is 13.9. The predicted octanol–water partition coefficient (Wildman–Crippen LogP) is 5.68. The first-order chi connectivity index (χ1) is 17.3. The van der Waals surface area contributed by atoms with Crippen molar-refractivity contribution in [3.05, 3.63) is 91.1 Å². The van der Waals surface area contributed by atoms with Crippen LogP contribution in [0.1, 0.15) is 44.9 Å². The number of carbonyl (C=O) groups is 2. The molecule has 3 aromatic rings.